The van der Waals surface area contributed by atoms with Crippen LogP contribution in [0, 0.1) is 5.92 Å². The normalized spacial score (nSPS) is 25.1. The second-order valence-electron chi connectivity index (χ2n) is 3.31. The van der Waals surface area contributed by atoms with Crippen molar-refractivity contribution in [2.24, 2.45) is 16.8 Å². The number of amidine groups is 1. The summed E-state index contributed by atoms with van der Waals surface area (Å²) in [5.41, 5.74) is 5.65. The summed E-state index contributed by atoms with van der Waals surface area (Å²) in [7, 11) is 0. The molecule has 1 atom stereocenters. The van der Waals surface area contributed by atoms with Crippen molar-refractivity contribution in [2.45, 2.75) is 26.7 Å². The standard InChI is InChI=1S/C8H17N3/c1-3-4-11-6-7(2)5-8(9)10-11/h7H,3-6H2,1-2H3,(H2,9,10). The summed E-state index contributed by atoms with van der Waals surface area (Å²) >= 11 is 0. The monoisotopic (exact) mass is 155 g/mol. The minimum atomic E-state index is 0.666. The van der Waals surface area contributed by atoms with Crippen LogP contribution in [0.4, 0.5) is 0 Å². The van der Waals surface area contributed by atoms with Crippen LogP contribution in [0.5, 0.6) is 0 Å². The van der Waals surface area contributed by atoms with Crippen molar-refractivity contribution >= 4 is 5.84 Å². The molecule has 1 aliphatic heterocycles. The van der Waals surface area contributed by atoms with Gasteiger partial charge in [-0.25, -0.2) is 0 Å². The predicted octanol–water partition coefficient (Wildman–Crippen LogP) is 1.01. The summed E-state index contributed by atoms with van der Waals surface area (Å²) < 4.78 is 0. The van der Waals surface area contributed by atoms with Gasteiger partial charge in [0.15, 0.2) is 0 Å². The van der Waals surface area contributed by atoms with E-state index in [1.165, 1.54) is 0 Å². The molecule has 0 aliphatic carbocycles. The SMILES string of the molecule is CCCN1CC(C)CC(N)=N1. The number of rotatable bonds is 2. The Morgan fingerprint density at radius 2 is 2.45 bits per heavy atom. The van der Waals surface area contributed by atoms with Crippen LogP contribution in [0.3, 0.4) is 0 Å². The average molecular weight is 155 g/mol. The van der Waals surface area contributed by atoms with Crippen LogP contribution in [0.2, 0.25) is 0 Å². The van der Waals surface area contributed by atoms with Crippen LogP contribution in [-0.4, -0.2) is 23.9 Å². The molecule has 0 aromatic rings. The Labute approximate surface area is 68.3 Å². The van der Waals surface area contributed by atoms with E-state index in [4.69, 9.17) is 5.73 Å². The van der Waals surface area contributed by atoms with E-state index in [1.54, 1.807) is 0 Å². The first-order valence-corrected chi connectivity index (χ1v) is 4.30. The van der Waals surface area contributed by atoms with Gasteiger partial charge in [-0.1, -0.05) is 13.8 Å². The van der Waals surface area contributed by atoms with Crippen LogP contribution >= 0.6 is 0 Å². The van der Waals surface area contributed by atoms with Crippen molar-refractivity contribution < 1.29 is 0 Å². The first-order chi connectivity index (χ1) is 5.22. The maximum atomic E-state index is 5.65. The van der Waals surface area contributed by atoms with Gasteiger partial charge in [-0.3, -0.25) is 5.01 Å². The molecule has 1 rings (SSSR count). The molecule has 3 nitrogen and oxygen atoms in total. The molecule has 0 saturated heterocycles. The average Bonchev–Trinajstić information content (AvgIpc) is 1.85. The number of hydrogen-bond donors (Lipinski definition) is 1. The van der Waals surface area contributed by atoms with Crippen LogP contribution in [0.25, 0.3) is 0 Å². The van der Waals surface area contributed by atoms with Crippen LogP contribution in [-0.2, 0) is 0 Å². The van der Waals surface area contributed by atoms with Crippen molar-refractivity contribution in [1.82, 2.24) is 5.01 Å². The van der Waals surface area contributed by atoms with E-state index in [0.29, 0.717) is 5.92 Å². The van der Waals surface area contributed by atoms with Gasteiger partial charge in [-0.05, 0) is 12.3 Å². The lowest BCUT2D eigenvalue weighted by atomic mass is 10.1. The highest BCUT2D eigenvalue weighted by atomic mass is 15.5. The molecule has 1 heterocycles. The Kier molecular flexibility index (Phi) is 2.74. The number of nitrogens with two attached hydrogens (primary N) is 1. The largest absolute Gasteiger partial charge is 0.386 e. The fourth-order valence-corrected chi connectivity index (χ4v) is 1.44. The molecule has 3 heteroatoms. The zero-order valence-electron chi connectivity index (χ0n) is 7.38. The fourth-order valence-electron chi connectivity index (χ4n) is 1.44. The predicted molar refractivity (Wildman–Crippen MR) is 47.3 cm³/mol. The summed E-state index contributed by atoms with van der Waals surface area (Å²) in [6.45, 7) is 6.47. The zero-order valence-corrected chi connectivity index (χ0v) is 7.38. The molecule has 0 bridgehead atoms. The highest BCUT2D eigenvalue weighted by molar-refractivity contribution is 5.80. The molecular weight excluding hydrogens is 138 g/mol. The van der Waals surface area contributed by atoms with Crippen molar-refractivity contribution in [3.63, 3.8) is 0 Å². The molecule has 64 valence electrons. The van der Waals surface area contributed by atoms with E-state index in [-0.39, 0.29) is 0 Å². The van der Waals surface area contributed by atoms with E-state index >= 15 is 0 Å². The first-order valence-electron chi connectivity index (χ1n) is 4.30. The van der Waals surface area contributed by atoms with E-state index in [0.717, 1.165) is 31.8 Å². The fraction of sp³-hybridized carbons (Fsp3) is 0.875. The summed E-state index contributed by atoms with van der Waals surface area (Å²) in [6, 6.07) is 0. The molecule has 0 spiro atoms. The van der Waals surface area contributed by atoms with E-state index in [9.17, 15) is 0 Å². The lowest BCUT2D eigenvalue weighted by Gasteiger charge is -2.27. The molecule has 0 fully saturated rings. The Morgan fingerprint density at radius 3 is 3.00 bits per heavy atom. The first kappa shape index (κ1) is 8.37. The summed E-state index contributed by atoms with van der Waals surface area (Å²) in [5.74, 6) is 1.45. The summed E-state index contributed by atoms with van der Waals surface area (Å²) in [5, 5.41) is 6.32. The van der Waals surface area contributed by atoms with Gasteiger partial charge in [0, 0.05) is 19.5 Å². The lowest BCUT2D eigenvalue weighted by molar-refractivity contribution is 0.234. The molecule has 0 amide bonds. The van der Waals surface area contributed by atoms with Crippen molar-refractivity contribution in [1.29, 1.82) is 0 Å². The maximum Gasteiger partial charge on any atom is 0.120 e. The van der Waals surface area contributed by atoms with Gasteiger partial charge in [0.05, 0.1) is 0 Å². The number of hydrogen-bond acceptors (Lipinski definition) is 3. The molecule has 1 aliphatic rings. The van der Waals surface area contributed by atoms with Gasteiger partial charge in [-0.2, -0.15) is 5.10 Å². The Balaban J connectivity index is 2.47. The summed E-state index contributed by atoms with van der Waals surface area (Å²) in [4.78, 5) is 0. The molecular formula is C8H17N3. The lowest BCUT2D eigenvalue weighted by Crippen LogP contribution is -2.35. The van der Waals surface area contributed by atoms with Gasteiger partial charge >= 0.3 is 0 Å². The van der Waals surface area contributed by atoms with Gasteiger partial charge in [-0.15, -0.1) is 0 Å². The Bertz CT molecular complexity index is 153. The van der Waals surface area contributed by atoms with Crippen molar-refractivity contribution in [3.8, 4) is 0 Å². The number of nitrogens with zero attached hydrogens (tertiary/aromatic N) is 2. The molecule has 0 saturated carbocycles. The van der Waals surface area contributed by atoms with Crippen LogP contribution in [0.15, 0.2) is 5.10 Å². The van der Waals surface area contributed by atoms with Gasteiger partial charge in [0.2, 0.25) is 0 Å². The minimum absolute atomic E-state index is 0.666. The van der Waals surface area contributed by atoms with Crippen LogP contribution in [0.1, 0.15) is 26.7 Å². The Morgan fingerprint density at radius 1 is 1.73 bits per heavy atom. The molecule has 0 aromatic carbocycles. The molecule has 0 aromatic heterocycles. The second-order valence-corrected chi connectivity index (χ2v) is 3.31. The highest BCUT2D eigenvalue weighted by Gasteiger charge is 2.14. The van der Waals surface area contributed by atoms with Crippen LogP contribution < -0.4 is 5.73 Å². The smallest absolute Gasteiger partial charge is 0.120 e. The van der Waals surface area contributed by atoms with Gasteiger partial charge < -0.3 is 5.73 Å². The minimum Gasteiger partial charge on any atom is -0.386 e. The molecule has 0 radical (unpaired) electrons. The molecule has 1 unspecified atom stereocenters. The maximum absolute atomic E-state index is 5.65. The van der Waals surface area contributed by atoms with Crippen molar-refractivity contribution in [3.05, 3.63) is 0 Å². The third-order valence-corrected chi connectivity index (χ3v) is 1.83. The topological polar surface area (TPSA) is 41.6 Å². The third kappa shape index (κ3) is 2.41. The van der Waals surface area contributed by atoms with E-state index in [2.05, 4.69) is 24.0 Å². The number of hydrazone groups is 1. The van der Waals surface area contributed by atoms with Gasteiger partial charge in [0.25, 0.3) is 0 Å². The van der Waals surface area contributed by atoms with Crippen molar-refractivity contribution in [2.75, 3.05) is 13.1 Å². The second kappa shape index (κ2) is 3.60. The van der Waals surface area contributed by atoms with E-state index in [1.807, 2.05) is 0 Å². The highest BCUT2D eigenvalue weighted by Crippen LogP contribution is 2.11. The van der Waals surface area contributed by atoms with Gasteiger partial charge in [0.1, 0.15) is 5.84 Å². The molecule has 11 heavy (non-hydrogen) atoms. The zero-order chi connectivity index (χ0) is 8.27. The Hall–Kier alpha value is -0.730. The summed E-state index contributed by atoms with van der Waals surface area (Å²) in [6.07, 6.45) is 2.10. The quantitative estimate of drug-likeness (QED) is 0.646. The van der Waals surface area contributed by atoms with E-state index < -0.39 is 0 Å². The molecule has 2 N–H and O–H groups in total. The third-order valence-electron chi connectivity index (χ3n) is 1.83.